The first-order valence-electron chi connectivity index (χ1n) is 9.01. The summed E-state index contributed by atoms with van der Waals surface area (Å²) in [5.41, 5.74) is 1.98. The lowest BCUT2D eigenvalue weighted by molar-refractivity contribution is -0.116. The predicted molar refractivity (Wildman–Crippen MR) is 111 cm³/mol. The molecule has 0 bridgehead atoms. The van der Waals surface area contributed by atoms with Crippen molar-refractivity contribution in [2.24, 2.45) is 0 Å². The molecule has 7 nitrogen and oxygen atoms in total. The molecule has 28 heavy (non-hydrogen) atoms. The summed E-state index contributed by atoms with van der Waals surface area (Å²) in [5.74, 6) is 0.920. The Morgan fingerprint density at radius 2 is 1.93 bits per heavy atom. The molecule has 0 unspecified atom stereocenters. The van der Waals surface area contributed by atoms with Crippen molar-refractivity contribution >= 4 is 27.3 Å². The molecule has 152 valence electrons. The lowest BCUT2D eigenvalue weighted by Gasteiger charge is -2.13. The first-order chi connectivity index (χ1) is 13.3. The smallest absolute Gasteiger partial charge is 0.232 e. The largest absolute Gasteiger partial charge is 0.494 e. The highest BCUT2D eigenvalue weighted by Gasteiger charge is 2.12. The minimum atomic E-state index is -3.41. The molecule has 1 amide bonds. The van der Waals surface area contributed by atoms with E-state index in [4.69, 9.17) is 9.47 Å². The highest BCUT2D eigenvalue weighted by Crippen LogP contribution is 2.29. The van der Waals surface area contributed by atoms with Gasteiger partial charge < -0.3 is 14.8 Å². The van der Waals surface area contributed by atoms with Crippen LogP contribution < -0.4 is 19.5 Å². The summed E-state index contributed by atoms with van der Waals surface area (Å²) < 4.78 is 36.7. The highest BCUT2D eigenvalue weighted by atomic mass is 32.2. The van der Waals surface area contributed by atoms with Crippen LogP contribution in [-0.4, -0.2) is 33.8 Å². The van der Waals surface area contributed by atoms with Gasteiger partial charge in [0.15, 0.2) is 0 Å². The topological polar surface area (TPSA) is 93.7 Å². The van der Waals surface area contributed by atoms with Crippen LogP contribution in [0, 0.1) is 6.92 Å². The van der Waals surface area contributed by atoms with Crippen LogP contribution in [0.5, 0.6) is 11.5 Å². The number of nitrogens with one attached hydrogen (secondary N) is 2. The molecular weight excluding hydrogens is 380 g/mol. The van der Waals surface area contributed by atoms with Crippen molar-refractivity contribution in [2.45, 2.75) is 26.7 Å². The van der Waals surface area contributed by atoms with Crippen LogP contribution >= 0.6 is 0 Å². The molecule has 0 spiro atoms. The lowest BCUT2D eigenvalue weighted by atomic mass is 10.2. The van der Waals surface area contributed by atoms with Crippen molar-refractivity contribution in [1.29, 1.82) is 0 Å². The number of benzene rings is 2. The molecule has 0 aliphatic heterocycles. The maximum atomic E-state index is 12.1. The molecule has 0 atom stereocenters. The number of hydrogen-bond acceptors (Lipinski definition) is 5. The Morgan fingerprint density at radius 1 is 1.14 bits per heavy atom. The number of sulfonamides is 1. The van der Waals surface area contributed by atoms with Crippen LogP contribution in [0.2, 0.25) is 0 Å². The van der Waals surface area contributed by atoms with Gasteiger partial charge in [-0.3, -0.25) is 9.52 Å². The van der Waals surface area contributed by atoms with Crippen molar-refractivity contribution in [2.75, 3.05) is 29.5 Å². The molecule has 0 saturated carbocycles. The minimum absolute atomic E-state index is 0.0424. The molecule has 0 heterocycles. The number of rotatable bonds is 10. The molecule has 0 aliphatic rings. The van der Waals surface area contributed by atoms with Gasteiger partial charge in [-0.2, -0.15) is 0 Å². The number of carbonyl (C=O) groups excluding carboxylic acids is 1. The fourth-order valence-electron chi connectivity index (χ4n) is 2.44. The molecule has 0 aliphatic carbocycles. The Bertz CT molecular complexity index is 913. The van der Waals surface area contributed by atoms with Crippen LogP contribution in [-0.2, 0) is 14.8 Å². The minimum Gasteiger partial charge on any atom is -0.494 e. The molecule has 2 N–H and O–H groups in total. The Hall–Kier alpha value is -2.74. The summed E-state index contributed by atoms with van der Waals surface area (Å²) in [6.07, 6.45) is 0.879. The van der Waals surface area contributed by atoms with Crippen molar-refractivity contribution in [3.63, 3.8) is 0 Å². The maximum absolute atomic E-state index is 12.1. The van der Waals surface area contributed by atoms with E-state index < -0.39 is 10.0 Å². The van der Waals surface area contributed by atoms with Crippen LogP contribution in [0.3, 0.4) is 0 Å². The molecule has 0 fully saturated rings. The number of anilines is 2. The Labute approximate surface area is 166 Å². The fraction of sp³-hybridized carbons (Fsp3) is 0.350. The predicted octanol–water partition coefficient (Wildman–Crippen LogP) is 3.56. The van der Waals surface area contributed by atoms with E-state index in [1.165, 1.54) is 7.11 Å². The second-order valence-corrected chi connectivity index (χ2v) is 8.25. The van der Waals surface area contributed by atoms with Crippen LogP contribution in [0.25, 0.3) is 0 Å². The van der Waals surface area contributed by atoms with Gasteiger partial charge in [-0.05, 0) is 50.1 Å². The highest BCUT2D eigenvalue weighted by molar-refractivity contribution is 7.92. The first-order valence-corrected chi connectivity index (χ1v) is 10.7. The quantitative estimate of drug-likeness (QED) is 0.589. The summed E-state index contributed by atoms with van der Waals surface area (Å²) in [4.78, 5) is 12.1. The number of methoxy groups -OCH3 is 1. The van der Waals surface area contributed by atoms with Gasteiger partial charge in [0.1, 0.15) is 11.5 Å². The monoisotopic (exact) mass is 406 g/mol. The van der Waals surface area contributed by atoms with Gasteiger partial charge in [0.05, 0.1) is 25.2 Å². The zero-order chi connectivity index (χ0) is 20.6. The average molecular weight is 407 g/mol. The van der Waals surface area contributed by atoms with E-state index >= 15 is 0 Å². The second-order valence-electron chi connectivity index (χ2n) is 6.24. The Balaban J connectivity index is 1.86. The Morgan fingerprint density at radius 3 is 2.61 bits per heavy atom. The van der Waals surface area contributed by atoms with Gasteiger partial charge in [0.2, 0.25) is 15.9 Å². The summed E-state index contributed by atoms with van der Waals surface area (Å²) in [6, 6.07) is 12.5. The Kier molecular flexibility index (Phi) is 7.69. The molecule has 0 saturated heterocycles. The van der Waals surface area contributed by atoms with Crippen molar-refractivity contribution in [3.05, 3.63) is 48.0 Å². The molecule has 8 heteroatoms. The van der Waals surface area contributed by atoms with Gasteiger partial charge >= 0.3 is 0 Å². The van der Waals surface area contributed by atoms with Gasteiger partial charge in [0.25, 0.3) is 0 Å². The fourth-order valence-corrected chi connectivity index (χ4v) is 3.09. The van der Waals surface area contributed by atoms with Crippen molar-refractivity contribution in [1.82, 2.24) is 0 Å². The molecule has 2 aromatic rings. The number of aryl methyl sites for hydroxylation is 1. The van der Waals surface area contributed by atoms with Gasteiger partial charge in [-0.1, -0.05) is 12.1 Å². The SMILES string of the molecule is CCS(=O)(=O)Nc1ccc(NC(=O)CCCOc2cccc(C)c2)cc1OC. The number of ether oxygens (including phenoxy) is 2. The summed E-state index contributed by atoms with van der Waals surface area (Å²) in [6.45, 7) is 3.98. The van der Waals surface area contributed by atoms with E-state index in [-0.39, 0.29) is 11.7 Å². The standard InChI is InChI=1S/C20H26N2O5S/c1-4-28(24,25)22-18-11-10-16(14-19(18)26-3)21-20(23)9-6-12-27-17-8-5-7-15(2)13-17/h5,7-8,10-11,13-14,22H,4,6,9,12H2,1-3H3,(H,21,23). The van der Waals surface area contributed by atoms with E-state index in [9.17, 15) is 13.2 Å². The van der Waals surface area contributed by atoms with E-state index in [1.54, 1.807) is 25.1 Å². The van der Waals surface area contributed by atoms with Gasteiger partial charge in [-0.15, -0.1) is 0 Å². The van der Waals surface area contributed by atoms with Crippen molar-refractivity contribution in [3.8, 4) is 11.5 Å². The maximum Gasteiger partial charge on any atom is 0.232 e. The van der Waals surface area contributed by atoms with Crippen LogP contribution in [0.15, 0.2) is 42.5 Å². The zero-order valence-electron chi connectivity index (χ0n) is 16.3. The third-order valence-corrected chi connectivity index (χ3v) is 5.23. The molecule has 2 aromatic carbocycles. The van der Waals surface area contributed by atoms with E-state index in [0.717, 1.165) is 11.3 Å². The number of carbonyl (C=O) groups is 1. The van der Waals surface area contributed by atoms with E-state index in [1.807, 2.05) is 31.2 Å². The van der Waals surface area contributed by atoms with Crippen molar-refractivity contribution < 1.29 is 22.7 Å². The lowest BCUT2D eigenvalue weighted by Crippen LogP contribution is -2.16. The van der Waals surface area contributed by atoms with E-state index in [0.29, 0.717) is 36.6 Å². The van der Waals surface area contributed by atoms with Crippen LogP contribution in [0.4, 0.5) is 11.4 Å². The normalized spacial score (nSPS) is 11.0. The third kappa shape index (κ3) is 6.77. The first kappa shape index (κ1) is 21.6. The summed E-state index contributed by atoms with van der Waals surface area (Å²) in [7, 11) is -1.98. The molecule has 0 aromatic heterocycles. The van der Waals surface area contributed by atoms with Crippen LogP contribution in [0.1, 0.15) is 25.3 Å². The summed E-state index contributed by atoms with van der Waals surface area (Å²) >= 11 is 0. The third-order valence-electron chi connectivity index (χ3n) is 3.94. The molecule has 2 rings (SSSR count). The number of amides is 1. The molecular formula is C20H26N2O5S. The number of hydrogen-bond donors (Lipinski definition) is 2. The van der Waals surface area contributed by atoms with E-state index in [2.05, 4.69) is 10.0 Å². The summed E-state index contributed by atoms with van der Waals surface area (Å²) in [5, 5.41) is 2.78. The van der Waals surface area contributed by atoms with Gasteiger partial charge in [-0.25, -0.2) is 8.42 Å². The molecule has 0 radical (unpaired) electrons. The average Bonchev–Trinajstić information content (AvgIpc) is 2.66. The van der Waals surface area contributed by atoms with Gasteiger partial charge in [0, 0.05) is 18.2 Å². The second kappa shape index (κ2) is 9.98. The zero-order valence-corrected chi connectivity index (χ0v) is 17.1.